The van der Waals surface area contributed by atoms with E-state index in [2.05, 4.69) is 6.58 Å². The fourth-order valence-electron chi connectivity index (χ4n) is 1.60. The Morgan fingerprint density at radius 2 is 1.81 bits per heavy atom. The molecule has 2 amide bonds. The van der Waals surface area contributed by atoms with E-state index < -0.39 is 17.6 Å². The molecule has 1 radical (unpaired) electrons. The standard InChI is InChI=1S/C12H9Cl2NO3.CHO2/c1-3-12(2)10(16)15(11(17)18-12)9-5-7(13)4-8(14)6-9;2-1-3/h3-6H,1H2,2H3;(H,2,3). The summed E-state index contributed by atoms with van der Waals surface area (Å²) >= 11 is 11.7. The van der Waals surface area contributed by atoms with Crippen molar-refractivity contribution in [1.29, 1.82) is 0 Å². The van der Waals surface area contributed by atoms with E-state index in [1.165, 1.54) is 31.2 Å². The SMILES string of the molecule is C=CC1(C)OC(=O)N(c2cc(Cl)cc(Cl)c2)C1=O.O=[C]O. The van der Waals surface area contributed by atoms with Crippen LogP contribution in [-0.4, -0.2) is 29.2 Å². The number of hydrogen-bond acceptors (Lipinski definition) is 4. The molecule has 1 unspecified atom stereocenters. The first-order chi connectivity index (χ1) is 9.78. The van der Waals surface area contributed by atoms with Gasteiger partial charge in [-0.1, -0.05) is 29.8 Å². The molecule has 1 heterocycles. The molecule has 1 saturated heterocycles. The summed E-state index contributed by atoms with van der Waals surface area (Å²) in [7, 11) is 0. The van der Waals surface area contributed by atoms with Gasteiger partial charge in [-0.15, -0.1) is 0 Å². The molecule has 111 valence electrons. The van der Waals surface area contributed by atoms with Gasteiger partial charge in [-0.2, -0.15) is 0 Å². The lowest BCUT2D eigenvalue weighted by atomic mass is 10.1. The van der Waals surface area contributed by atoms with Crippen LogP contribution in [-0.2, 0) is 14.3 Å². The van der Waals surface area contributed by atoms with Gasteiger partial charge < -0.3 is 9.84 Å². The number of cyclic esters (lactones) is 1. The van der Waals surface area contributed by atoms with Gasteiger partial charge in [0.2, 0.25) is 5.60 Å². The highest BCUT2D eigenvalue weighted by Crippen LogP contribution is 2.33. The normalized spacial score (nSPS) is 20.4. The lowest BCUT2D eigenvalue weighted by molar-refractivity contribution is -0.125. The average Bonchev–Trinajstić information content (AvgIpc) is 2.60. The molecule has 0 bridgehead atoms. The van der Waals surface area contributed by atoms with Gasteiger partial charge in [0.25, 0.3) is 5.91 Å². The maximum absolute atomic E-state index is 12.1. The third kappa shape index (κ3) is 3.53. The minimum Gasteiger partial charge on any atom is -0.473 e. The van der Waals surface area contributed by atoms with Crippen LogP contribution >= 0.6 is 23.2 Å². The highest BCUT2D eigenvalue weighted by Gasteiger charge is 2.49. The van der Waals surface area contributed by atoms with Crippen LogP contribution in [0.15, 0.2) is 30.9 Å². The van der Waals surface area contributed by atoms with Gasteiger partial charge in [0, 0.05) is 10.0 Å². The number of nitrogens with zero attached hydrogens (tertiary/aromatic N) is 1. The highest BCUT2D eigenvalue weighted by molar-refractivity contribution is 6.35. The van der Waals surface area contributed by atoms with Crippen LogP contribution in [0.25, 0.3) is 0 Å². The topological polar surface area (TPSA) is 83.9 Å². The summed E-state index contributed by atoms with van der Waals surface area (Å²) in [6.07, 6.45) is 0.500. The van der Waals surface area contributed by atoms with E-state index in [1.54, 1.807) is 0 Å². The van der Waals surface area contributed by atoms with Crippen molar-refractivity contribution in [3.63, 3.8) is 0 Å². The van der Waals surface area contributed by atoms with Gasteiger partial charge in [0.05, 0.1) is 5.69 Å². The largest absolute Gasteiger partial charge is 0.473 e. The molecule has 2 rings (SSSR count). The third-order valence-electron chi connectivity index (χ3n) is 2.60. The van der Waals surface area contributed by atoms with E-state index in [-0.39, 0.29) is 5.69 Å². The van der Waals surface area contributed by atoms with Crippen LogP contribution < -0.4 is 4.90 Å². The molecule has 0 aliphatic carbocycles. The van der Waals surface area contributed by atoms with E-state index in [1.807, 2.05) is 0 Å². The molecule has 1 fully saturated rings. The number of anilines is 1. The van der Waals surface area contributed by atoms with Crippen molar-refractivity contribution in [2.45, 2.75) is 12.5 Å². The molecule has 0 spiro atoms. The minimum atomic E-state index is -1.36. The second kappa shape index (κ2) is 6.60. The molecule has 21 heavy (non-hydrogen) atoms. The summed E-state index contributed by atoms with van der Waals surface area (Å²) in [5.74, 6) is -0.527. The number of carbonyl (C=O) groups is 2. The first-order valence-electron chi connectivity index (χ1n) is 5.47. The minimum absolute atomic E-state index is 0.271. The Morgan fingerprint density at radius 3 is 2.19 bits per heavy atom. The van der Waals surface area contributed by atoms with Crippen molar-refractivity contribution < 1.29 is 24.2 Å². The Morgan fingerprint density at radius 1 is 1.33 bits per heavy atom. The molecule has 6 nitrogen and oxygen atoms in total. The first-order valence-corrected chi connectivity index (χ1v) is 6.23. The third-order valence-corrected chi connectivity index (χ3v) is 3.04. The number of imide groups is 1. The summed E-state index contributed by atoms with van der Waals surface area (Å²) in [4.78, 5) is 33.0. The summed E-state index contributed by atoms with van der Waals surface area (Å²) in [6, 6.07) is 4.42. The molecule has 1 aliphatic heterocycles. The van der Waals surface area contributed by atoms with Crippen molar-refractivity contribution in [1.82, 2.24) is 0 Å². The Balaban J connectivity index is 0.000000677. The van der Waals surface area contributed by atoms with Crippen LogP contribution in [0.5, 0.6) is 0 Å². The molecule has 0 saturated carbocycles. The molecule has 1 atom stereocenters. The van der Waals surface area contributed by atoms with E-state index in [9.17, 15) is 9.59 Å². The maximum Gasteiger partial charge on any atom is 0.422 e. The Labute approximate surface area is 130 Å². The van der Waals surface area contributed by atoms with Gasteiger partial charge in [-0.3, -0.25) is 4.79 Å². The van der Waals surface area contributed by atoms with Crippen molar-refractivity contribution in [3.05, 3.63) is 40.9 Å². The Kier molecular flexibility index (Phi) is 5.34. The zero-order valence-electron chi connectivity index (χ0n) is 10.8. The van der Waals surface area contributed by atoms with Crippen LogP contribution in [0.3, 0.4) is 0 Å². The van der Waals surface area contributed by atoms with Crippen molar-refractivity contribution in [2.24, 2.45) is 0 Å². The number of ether oxygens (including phenoxy) is 1. The molecule has 0 aromatic heterocycles. The number of halogens is 2. The number of hydrogen-bond donors (Lipinski definition) is 1. The lowest BCUT2D eigenvalue weighted by Gasteiger charge is -2.15. The van der Waals surface area contributed by atoms with E-state index in [0.717, 1.165) is 4.90 Å². The number of carbonyl (C=O) groups excluding carboxylic acids is 2. The Bertz CT molecular complexity index is 584. The van der Waals surface area contributed by atoms with Crippen molar-refractivity contribution in [2.75, 3.05) is 4.90 Å². The highest BCUT2D eigenvalue weighted by atomic mass is 35.5. The van der Waals surface area contributed by atoms with Crippen LogP contribution in [0, 0.1) is 0 Å². The second-order valence-electron chi connectivity index (χ2n) is 4.04. The summed E-state index contributed by atoms with van der Waals surface area (Å²) in [5, 5.41) is 7.41. The van der Waals surface area contributed by atoms with Crippen molar-refractivity contribution >= 4 is 47.4 Å². The first kappa shape index (κ1) is 17.0. The quantitative estimate of drug-likeness (QED) is 0.842. The molecular weight excluding hydrogens is 321 g/mol. The second-order valence-corrected chi connectivity index (χ2v) is 4.91. The molecule has 1 aliphatic rings. The van der Waals surface area contributed by atoms with Crippen LogP contribution in [0.2, 0.25) is 10.0 Å². The van der Waals surface area contributed by atoms with E-state index in [0.29, 0.717) is 16.5 Å². The number of aliphatic hydroxyl groups excluding tert-OH is 1. The number of benzene rings is 1. The lowest BCUT2D eigenvalue weighted by Crippen LogP contribution is -2.37. The smallest absolute Gasteiger partial charge is 0.422 e. The van der Waals surface area contributed by atoms with Crippen LogP contribution in [0.4, 0.5) is 10.5 Å². The Hall–Kier alpha value is -2.05. The van der Waals surface area contributed by atoms with Gasteiger partial charge >= 0.3 is 12.6 Å². The zero-order chi connectivity index (χ0) is 16.2. The van der Waals surface area contributed by atoms with Gasteiger partial charge in [-0.25, -0.2) is 14.5 Å². The van der Waals surface area contributed by atoms with Crippen LogP contribution in [0.1, 0.15) is 6.92 Å². The summed E-state index contributed by atoms with van der Waals surface area (Å²) in [6.45, 7) is 5.45. The van der Waals surface area contributed by atoms with E-state index in [4.69, 9.17) is 37.8 Å². The van der Waals surface area contributed by atoms with Crippen molar-refractivity contribution in [3.8, 4) is 0 Å². The fourth-order valence-corrected chi connectivity index (χ4v) is 2.11. The monoisotopic (exact) mass is 330 g/mol. The fraction of sp³-hybridized carbons (Fsp3) is 0.154. The van der Waals surface area contributed by atoms with Gasteiger partial charge in [-0.05, 0) is 31.2 Å². The predicted molar refractivity (Wildman–Crippen MR) is 77.4 cm³/mol. The molecule has 8 heteroatoms. The molecule has 1 aromatic rings. The molecule has 1 N–H and O–H groups in total. The summed E-state index contributed by atoms with van der Waals surface area (Å²) in [5.41, 5.74) is -1.08. The molecular formula is C13H10Cl2NO5. The van der Waals surface area contributed by atoms with E-state index >= 15 is 0 Å². The average molecular weight is 331 g/mol. The summed E-state index contributed by atoms with van der Waals surface area (Å²) < 4.78 is 4.99. The predicted octanol–water partition coefficient (Wildman–Crippen LogP) is 3.03. The number of rotatable bonds is 2. The maximum atomic E-state index is 12.1. The van der Waals surface area contributed by atoms with Gasteiger partial charge in [0.1, 0.15) is 0 Å². The van der Waals surface area contributed by atoms with Gasteiger partial charge in [0.15, 0.2) is 0 Å². The molecule has 1 aromatic carbocycles. The number of amides is 2. The zero-order valence-corrected chi connectivity index (χ0v) is 12.3.